The van der Waals surface area contributed by atoms with E-state index in [1.165, 1.54) is 0 Å². The van der Waals surface area contributed by atoms with Crippen molar-refractivity contribution >= 4 is 11.8 Å². The SMILES string of the molecule is Cc1ccccc1CC(=O)N(Cc1ccccc1)[C@H](C)C(=O)NC(C)C. The fourth-order valence-corrected chi connectivity index (χ4v) is 2.84. The maximum Gasteiger partial charge on any atom is 0.242 e. The van der Waals surface area contributed by atoms with E-state index >= 15 is 0 Å². The molecule has 0 saturated carbocycles. The summed E-state index contributed by atoms with van der Waals surface area (Å²) in [5.41, 5.74) is 3.08. The Labute approximate surface area is 156 Å². The van der Waals surface area contributed by atoms with Crippen molar-refractivity contribution in [2.75, 3.05) is 0 Å². The van der Waals surface area contributed by atoms with Gasteiger partial charge in [-0.1, -0.05) is 54.6 Å². The smallest absolute Gasteiger partial charge is 0.242 e. The van der Waals surface area contributed by atoms with Gasteiger partial charge in [-0.25, -0.2) is 0 Å². The molecular weight excluding hydrogens is 324 g/mol. The highest BCUT2D eigenvalue weighted by molar-refractivity contribution is 5.88. The lowest BCUT2D eigenvalue weighted by Gasteiger charge is -2.29. The summed E-state index contributed by atoms with van der Waals surface area (Å²) in [6, 6.07) is 17.1. The molecule has 26 heavy (non-hydrogen) atoms. The molecule has 2 amide bonds. The average molecular weight is 352 g/mol. The first kappa shape index (κ1) is 19.7. The van der Waals surface area contributed by atoms with Gasteiger partial charge in [-0.15, -0.1) is 0 Å². The third kappa shape index (κ3) is 5.45. The van der Waals surface area contributed by atoms with Crippen LogP contribution in [0.25, 0.3) is 0 Å². The summed E-state index contributed by atoms with van der Waals surface area (Å²) in [7, 11) is 0. The number of amides is 2. The molecule has 0 bridgehead atoms. The topological polar surface area (TPSA) is 49.4 Å². The molecule has 0 radical (unpaired) electrons. The van der Waals surface area contributed by atoms with Gasteiger partial charge >= 0.3 is 0 Å². The van der Waals surface area contributed by atoms with Gasteiger partial charge in [-0.2, -0.15) is 0 Å². The lowest BCUT2D eigenvalue weighted by atomic mass is 10.0. The van der Waals surface area contributed by atoms with Crippen LogP contribution in [0.4, 0.5) is 0 Å². The molecule has 0 aliphatic carbocycles. The van der Waals surface area contributed by atoms with Crippen LogP contribution in [0.2, 0.25) is 0 Å². The quantitative estimate of drug-likeness (QED) is 0.829. The molecule has 0 saturated heterocycles. The molecule has 1 N–H and O–H groups in total. The fraction of sp³-hybridized carbons (Fsp3) is 0.364. The largest absolute Gasteiger partial charge is 0.352 e. The molecule has 0 unspecified atom stereocenters. The van der Waals surface area contributed by atoms with Crippen LogP contribution in [-0.4, -0.2) is 28.8 Å². The number of carbonyl (C=O) groups excluding carboxylic acids is 2. The number of hydrogen-bond donors (Lipinski definition) is 1. The van der Waals surface area contributed by atoms with Gasteiger partial charge in [0.1, 0.15) is 6.04 Å². The first-order valence-electron chi connectivity index (χ1n) is 9.06. The highest BCUT2D eigenvalue weighted by Gasteiger charge is 2.26. The van der Waals surface area contributed by atoms with Gasteiger partial charge in [0.2, 0.25) is 11.8 Å². The second kappa shape index (κ2) is 9.18. The molecule has 0 heterocycles. The van der Waals surface area contributed by atoms with E-state index in [1.54, 1.807) is 11.8 Å². The molecule has 2 aromatic rings. The minimum Gasteiger partial charge on any atom is -0.352 e. The van der Waals surface area contributed by atoms with Crippen molar-refractivity contribution in [1.29, 1.82) is 0 Å². The third-order valence-electron chi connectivity index (χ3n) is 4.40. The normalized spacial score (nSPS) is 11.9. The Morgan fingerprint density at radius 1 is 0.962 bits per heavy atom. The molecule has 2 aromatic carbocycles. The predicted octanol–water partition coefficient (Wildman–Crippen LogP) is 3.48. The minimum atomic E-state index is -0.533. The number of aryl methyl sites for hydroxylation is 1. The zero-order valence-electron chi connectivity index (χ0n) is 16.0. The molecule has 2 rings (SSSR count). The molecular formula is C22H28N2O2. The number of rotatable bonds is 7. The lowest BCUT2D eigenvalue weighted by Crippen LogP contribution is -2.49. The van der Waals surface area contributed by atoms with Crippen molar-refractivity contribution < 1.29 is 9.59 Å². The summed E-state index contributed by atoms with van der Waals surface area (Å²) in [4.78, 5) is 27.2. The van der Waals surface area contributed by atoms with Crippen molar-refractivity contribution in [1.82, 2.24) is 10.2 Å². The minimum absolute atomic E-state index is 0.0370. The molecule has 4 heteroatoms. The average Bonchev–Trinajstić information content (AvgIpc) is 2.61. The van der Waals surface area contributed by atoms with Crippen LogP contribution in [0.5, 0.6) is 0 Å². The molecule has 1 atom stereocenters. The van der Waals surface area contributed by atoms with Gasteiger partial charge in [-0.05, 0) is 44.4 Å². The fourth-order valence-electron chi connectivity index (χ4n) is 2.84. The molecule has 4 nitrogen and oxygen atoms in total. The number of nitrogens with one attached hydrogen (secondary N) is 1. The Bertz CT molecular complexity index is 741. The maximum absolute atomic E-state index is 13.0. The molecule has 0 aliphatic heterocycles. The summed E-state index contributed by atoms with van der Waals surface area (Å²) in [5.74, 6) is -0.177. The van der Waals surface area contributed by atoms with Crippen LogP contribution in [0, 0.1) is 6.92 Å². The summed E-state index contributed by atoms with van der Waals surface area (Å²) in [5, 5.41) is 2.91. The monoisotopic (exact) mass is 352 g/mol. The first-order valence-corrected chi connectivity index (χ1v) is 9.06. The predicted molar refractivity (Wildman–Crippen MR) is 105 cm³/mol. The van der Waals surface area contributed by atoms with Gasteiger partial charge in [0.05, 0.1) is 6.42 Å². The Balaban J connectivity index is 2.22. The van der Waals surface area contributed by atoms with Crippen molar-refractivity contribution in [2.24, 2.45) is 0 Å². The maximum atomic E-state index is 13.0. The second-order valence-corrected chi connectivity index (χ2v) is 6.95. The van der Waals surface area contributed by atoms with Gasteiger partial charge in [0, 0.05) is 12.6 Å². The number of benzene rings is 2. The molecule has 0 spiro atoms. The van der Waals surface area contributed by atoms with Crippen LogP contribution >= 0.6 is 0 Å². The van der Waals surface area contributed by atoms with E-state index in [-0.39, 0.29) is 17.9 Å². The highest BCUT2D eigenvalue weighted by atomic mass is 16.2. The second-order valence-electron chi connectivity index (χ2n) is 6.95. The number of nitrogens with zero attached hydrogens (tertiary/aromatic N) is 1. The zero-order chi connectivity index (χ0) is 19.1. The van der Waals surface area contributed by atoms with Crippen molar-refractivity contribution in [3.8, 4) is 0 Å². The van der Waals surface area contributed by atoms with Gasteiger partial charge in [0.25, 0.3) is 0 Å². The van der Waals surface area contributed by atoms with Crippen LogP contribution < -0.4 is 5.32 Å². The molecule has 0 aromatic heterocycles. The Morgan fingerprint density at radius 2 is 1.58 bits per heavy atom. The van der Waals surface area contributed by atoms with E-state index in [2.05, 4.69) is 5.32 Å². The Hall–Kier alpha value is -2.62. The van der Waals surface area contributed by atoms with E-state index in [9.17, 15) is 9.59 Å². The summed E-state index contributed by atoms with van der Waals surface area (Å²) in [6.45, 7) is 8.04. The Kier molecular flexibility index (Phi) is 6.96. The zero-order valence-corrected chi connectivity index (χ0v) is 16.0. The number of carbonyl (C=O) groups is 2. The number of hydrogen-bond acceptors (Lipinski definition) is 2. The van der Waals surface area contributed by atoms with E-state index in [0.717, 1.165) is 16.7 Å². The van der Waals surface area contributed by atoms with Crippen LogP contribution in [-0.2, 0) is 22.6 Å². The summed E-state index contributed by atoms with van der Waals surface area (Å²) >= 11 is 0. The van der Waals surface area contributed by atoms with E-state index in [4.69, 9.17) is 0 Å². The van der Waals surface area contributed by atoms with E-state index in [0.29, 0.717) is 13.0 Å². The van der Waals surface area contributed by atoms with Crippen molar-refractivity contribution in [2.45, 2.75) is 52.7 Å². The molecule has 0 aliphatic rings. The van der Waals surface area contributed by atoms with E-state index in [1.807, 2.05) is 75.4 Å². The molecule has 138 valence electrons. The Morgan fingerprint density at radius 3 is 2.19 bits per heavy atom. The van der Waals surface area contributed by atoms with Crippen molar-refractivity contribution in [3.63, 3.8) is 0 Å². The third-order valence-corrected chi connectivity index (χ3v) is 4.40. The van der Waals surface area contributed by atoms with Crippen LogP contribution in [0.3, 0.4) is 0 Å². The summed E-state index contributed by atoms with van der Waals surface area (Å²) in [6.07, 6.45) is 0.290. The van der Waals surface area contributed by atoms with Gasteiger partial charge in [0.15, 0.2) is 0 Å². The lowest BCUT2D eigenvalue weighted by molar-refractivity contribution is -0.140. The van der Waals surface area contributed by atoms with Gasteiger partial charge < -0.3 is 10.2 Å². The highest BCUT2D eigenvalue weighted by Crippen LogP contribution is 2.14. The van der Waals surface area contributed by atoms with Crippen LogP contribution in [0.1, 0.15) is 37.5 Å². The standard InChI is InChI=1S/C22H28N2O2/c1-16(2)23-22(26)18(4)24(15-19-11-6-5-7-12-19)21(25)14-20-13-9-8-10-17(20)3/h5-13,16,18H,14-15H2,1-4H3,(H,23,26)/t18-/m1/s1. The van der Waals surface area contributed by atoms with E-state index < -0.39 is 6.04 Å². The van der Waals surface area contributed by atoms with Gasteiger partial charge in [-0.3, -0.25) is 9.59 Å². The first-order chi connectivity index (χ1) is 12.4. The van der Waals surface area contributed by atoms with Crippen LogP contribution in [0.15, 0.2) is 54.6 Å². The summed E-state index contributed by atoms with van der Waals surface area (Å²) < 4.78 is 0. The molecule has 0 fully saturated rings. The van der Waals surface area contributed by atoms with Crippen molar-refractivity contribution in [3.05, 3.63) is 71.3 Å².